The number of benzene rings is 1. The molecule has 0 aliphatic rings. The molecule has 0 aliphatic carbocycles. The lowest BCUT2D eigenvalue weighted by atomic mass is 9.92. The first-order valence-electron chi connectivity index (χ1n) is 8.87. The van der Waals surface area contributed by atoms with Crippen LogP contribution in [0.3, 0.4) is 0 Å². The maximum absolute atomic E-state index is 12.3. The maximum Gasteiger partial charge on any atom is 0.328 e. The molecule has 3 atom stereocenters. The van der Waals surface area contributed by atoms with Crippen molar-refractivity contribution in [2.24, 2.45) is 11.8 Å². The number of carbonyl (C=O) groups excluding carboxylic acids is 3. The minimum Gasteiger partial charge on any atom is -0.467 e. The summed E-state index contributed by atoms with van der Waals surface area (Å²) in [5, 5.41) is 2.77. The normalized spacial score (nSPS) is 14.2. The van der Waals surface area contributed by atoms with E-state index >= 15 is 0 Å². The number of rotatable bonds is 10. The second kappa shape index (κ2) is 10.6. The van der Waals surface area contributed by atoms with Crippen molar-refractivity contribution < 1.29 is 19.1 Å². The van der Waals surface area contributed by atoms with Crippen molar-refractivity contribution in [3.8, 4) is 0 Å². The molecule has 0 heterocycles. The van der Waals surface area contributed by atoms with E-state index < -0.39 is 12.0 Å². The van der Waals surface area contributed by atoms with E-state index in [1.54, 1.807) is 12.1 Å². The van der Waals surface area contributed by atoms with Gasteiger partial charge in [-0.15, -0.1) is 0 Å². The summed E-state index contributed by atoms with van der Waals surface area (Å²) in [6, 6.07) is 8.33. The maximum atomic E-state index is 12.3. The van der Waals surface area contributed by atoms with Crippen LogP contribution in [0.25, 0.3) is 0 Å². The van der Waals surface area contributed by atoms with Gasteiger partial charge in [0.2, 0.25) is 5.91 Å². The average molecular weight is 347 g/mol. The highest BCUT2D eigenvalue weighted by Gasteiger charge is 2.26. The van der Waals surface area contributed by atoms with Crippen LogP contribution < -0.4 is 5.32 Å². The Kier molecular flexibility index (Phi) is 8.89. The summed E-state index contributed by atoms with van der Waals surface area (Å²) in [5.74, 6) is -0.541. The van der Waals surface area contributed by atoms with E-state index in [-0.39, 0.29) is 23.5 Å². The predicted octanol–water partition coefficient (Wildman–Crippen LogP) is 3.38. The zero-order valence-electron chi connectivity index (χ0n) is 15.6. The van der Waals surface area contributed by atoms with Crippen LogP contribution in [0, 0.1) is 11.8 Å². The summed E-state index contributed by atoms with van der Waals surface area (Å²) in [5.41, 5.74) is 0.659. The molecule has 1 N–H and O–H groups in total. The molecule has 1 aromatic carbocycles. The smallest absolute Gasteiger partial charge is 0.328 e. The quantitative estimate of drug-likeness (QED) is 0.520. The molecule has 0 radical (unpaired) electrons. The molecule has 1 rings (SSSR count). The van der Waals surface area contributed by atoms with Gasteiger partial charge in [0.05, 0.1) is 7.11 Å². The molecule has 0 aliphatic heterocycles. The molecule has 1 amide bonds. The van der Waals surface area contributed by atoms with Crippen molar-refractivity contribution in [3.05, 3.63) is 35.9 Å². The van der Waals surface area contributed by atoms with Crippen LogP contribution in [0.4, 0.5) is 0 Å². The third-order valence-electron chi connectivity index (χ3n) is 4.71. The Labute approximate surface area is 150 Å². The molecular formula is C20H29NO4. The van der Waals surface area contributed by atoms with Crippen molar-refractivity contribution >= 4 is 17.7 Å². The van der Waals surface area contributed by atoms with Gasteiger partial charge >= 0.3 is 5.97 Å². The molecule has 0 fully saturated rings. The second-order valence-corrected chi connectivity index (χ2v) is 6.44. The fourth-order valence-electron chi connectivity index (χ4n) is 2.54. The van der Waals surface area contributed by atoms with Crippen LogP contribution in [0.1, 0.15) is 56.8 Å². The first-order chi connectivity index (χ1) is 11.9. The molecule has 5 nitrogen and oxygen atoms in total. The largest absolute Gasteiger partial charge is 0.467 e. The van der Waals surface area contributed by atoms with E-state index in [2.05, 4.69) is 5.32 Å². The summed E-state index contributed by atoms with van der Waals surface area (Å²) >= 11 is 0. The Morgan fingerprint density at radius 1 is 1.12 bits per heavy atom. The van der Waals surface area contributed by atoms with Gasteiger partial charge in [0.25, 0.3) is 0 Å². The lowest BCUT2D eigenvalue weighted by molar-refractivity contribution is -0.146. The fraction of sp³-hybridized carbons (Fsp3) is 0.550. The van der Waals surface area contributed by atoms with Crippen LogP contribution >= 0.6 is 0 Å². The Morgan fingerprint density at radius 3 is 2.32 bits per heavy atom. The van der Waals surface area contributed by atoms with Gasteiger partial charge < -0.3 is 10.1 Å². The highest BCUT2D eigenvalue weighted by molar-refractivity contribution is 5.96. The van der Waals surface area contributed by atoms with Crippen LogP contribution in [0.5, 0.6) is 0 Å². The first kappa shape index (κ1) is 20.9. The minimum atomic E-state index is -0.715. The zero-order chi connectivity index (χ0) is 18.8. The topological polar surface area (TPSA) is 72.5 Å². The number of methoxy groups -OCH3 is 1. The van der Waals surface area contributed by atoms with E-state index in [1.165, 1.54) is 7.11 Å². The SMILES string of the molecule is CCC(C)[C@H](C)C(=O)N[C@@H](CCCC(=O)c1ccccc1)C(=O)OC. The molecule has 0 aromatic heterocycles. The molecule has 5 heteroatoms. The zero-order valence-corrected chi connectivity index (χ0v) is 15.6. The Hall–Kier alpha value is -2.17. The molecule has 138 valence electrons. The molecule has 1 aromatic rings. The van der Waals surface area contributed by atoms with Crippen molar-refractivity contribution in [1.29, 1.82) is 0 Å². The van der Waals surface area contributed by atoms with Crippen molar-refractivity contribution in [2.45, 2.75) is 52.5 Å². The van der Waals surface area contributed by atoms with Crippen LogP contribution in [-0.2, 0) is 14.3 Å². The third kappa shape index (κ3) is 6.69. The van der Waals surface area contributed by atoms with E-state index in [4.69, 9.17) is 4.74 Å². The minimum absolute atomic E-state index is 0.0310. The van der Waals surface area contributed by atoms with E-state index in [0.717, 1.165) is 6.42 Å². The van der Waals surface area contributed by atoms with Gasteiger partial charge in [-0.2, -0.15) is 0 Å². The van der Waals surface area contributed by atoms with E-state index in [1.807, 2.05) is 39.0 Å². The number of ether oxygens (including phenoxy) is 1. The summed E-state index contributed by atoms with van der Waals surface area (Å²) in [6.07, 6.45) is 2.10. The predicted molar refractivity (Wildman–Crippen MR) is 97.2 cm³/mol. The number of hydrogen-bond acceptors (Lipinski definition) is 4. The second-order valence-electron chi connectivity index (χ2n) is 6.44. The van der Waals surface area contributed by atoms with Crippen LogP contribution in [0.15, 0.2) is 30.3 Å². The van der Waals surface area contributed by atoms with Gasteiger partial charge in [-0.05, 0) is 18.8 Å². The Bertz CT molecular complexity index is 570. The number of ketones is 1. The number of Topliss-reactive ketones (excluding diaryl/α,β-unsaturated/α-hetero) is 1. The fourth-order valence-corrected chi connectivity index (χ4v) is 2.54. The summed E-state index contributed by atoms with van der Waals surface area (Å²) in [4.78, 5) is 36.4. The number of amides is 1. The van der Waals surface area contributed by atoms with Crippen LogP contribution in [-0.4, -0.2) is 30.8 Å². The lowest BCUT2D eigenvalue weighted by Gasteiger charge is -2.22. The van der Waals surface area contributed by atoms with Gasteiger partial charge in [-0.25, -0.2) is 4.79 Å². The molecule has 0 bridgehead atoms. The monoisotopic (exact) mass is 347 g/mol. The average Bonchev–Trinajstić information content (AvgIpc) is 2.65. The Balaban J connectivity index is 2.57. The van der Waals surface area contributed by atoms with Gasteiger partial charge in [-0.1, -0.05) is 57.5 Å². The number of carbonyl (C=O) groups is 3. The lowest BCUT2D eigenvalue weighted by Crippen LogP contribution is -2.44. The summed E-state index contributed by atoms with van der Waals surface area (Å²) in [7, 11) is 1.30. The van der Waals surface area contributed by atoms with Gasteiger partial charge in [0.15, 0.2) is 5.78 Å². The first-order valence-corrected chi connectivity index (χ1v) is 8.87. The number of hydrogen-bond donors (Lipinski definition) is 1. The highest BCUT2D eigenvalue weighted by atomic mass is 16.5. The van der Waals surface area contributed by atoms with Gasteiger partial charge in [0, 0.05) is 17.9 Å². The van der Waals surface area contributed by atoms with Gasteiger partial charge in [-0.3, -0.25) is 9.59 Å². The molecule has 25 heavy (non-hydrogen) atoms. The summed E-state index contributed by atoms with van der Waals surface area (Å²) in [6.45, 7) is 5.90. The number of nitrogens with one attached hydrogen (secondary N) is 1. The van der Waals surface area contributed by atoms with Crippen molar-refractivity contribution in [1.82, 2.24) is 5.32 Å². The molecular weight excluding hydrogens is 318 g/mol. The van der Waals surface area contributed by atoms with E-state index in [9.17, 15) is 14.4 Å². The summed E-state index contributed by atoms with van der Waals surface area (Å²) < 4.78 is 4.78. The standard InChI is InChI=1S/C20H29NO4/c1-5-14(2)15(3)19(23)21-17(20(24)25-4)12-9-13-18(22)16-10-7-6-8-11-16/h6-8,10-11,14-15,17H,5,9,12-13H2,1-4H3,(H,21,23)/t14?,15-,17-/m0/s1. The Morgan fingerprint density at radius 2 is 1.76 bits per heavy atom. The molecule has 0 spiro atoms. The third-order valence-corrected chi connectivity index (χ3v) is 4.71. The molecule has 1 unspecified atom stereocenters. The molecule has 0 saturated heterocycles. The molecule has 0 saturated carbocycles. The van der Waals surface area contributed by atoms with Gasteiger partial charge in [0.1, 0.15) is 6.04 Å². The van der Waals surface area contributed by atoms with Crippen LogP contribution in [0.2, 0.25) is 0 Å². The van der Waals surface area contributed by atoms with E-state index in [0.29, 0.717) is 24.8 Å². The van der Waals surface area contributed by atoms with Crippen molar-refractivity contribution in [3.63, 3.8) is 0 Å². The van der Waals surface area contributed by atoms with Crippen molar-refractivity contribution in [2.75, 3.05) is 7.11 Å². The highest BCUT2D eigenvalue weighted by Crippen LogP contribution is 2.16. The number of esters is 1.